The highest BCUT2D eigenvalue weighted by Gasteiger charge is 2.28. The van der Waals surface area contributed by atoms with Crippen molar-refractivity contribution < 1.29 is 5.11 Å². The van der Waals surface area contributed by atoms with Crippen LogP contribution in [-0.4, -0.2) is 72.9 Å². The Kier molecular flexibility index (Phi) is 6.57. The van der Waals surface area contributed by atoms with E-state index in [4.69, 9.17) is 0 Å². The first-order valence-electron chi connectivity index (χ1n) is 7.29. The van der Waals surface area contributed by atoms with E-state index in [0.29, 0.717) is 6.04 Å². The Morgan fingerprint density at radius 2 is 1.89 bits per heavy atom. The molecule has 0 bridgehead atoms. The molecule has 4 heteroatoms. The van der Waals surface area contributed by atoms with Crippen LogP contribution >= 0.6 is 0 Å². The predicted octanol–water partition coefficient (Wildman–Crippen LogP) is 0.763. The molecule has 1 saturated heterocycles. The molecule has 0 spiro atoms. The monoisotopic (exact) mass is 257 g/mol. The van der Waals surface area contributed by atoms with Crippen molar-refractivity contribution in [3.8, 4) is 0 Å². The molecule has 0 aromatic rings. The van der Waals surface area contributed by atoms with Crippen LogP contribution in [0.5, 0.6) is 0 Å². The van der Waals surface area contributed by atoms with Gasteiger partial charge in [-0.3, -0.25) is 4.90 Å². The van der Waals surface area contributed by atoms with E-state index < -0.39 is 0 Å². The van der Waals surface area contributed by atoms with Gasteiger partial charge in [-0.15, -0.1) is 0 Å². The Morgan fingerprint density at radius 1 is 1.28 bits per heavy atom. The molecule has 1 heterocycles. The largest absolute Gasteiger partial charge is 0.394 e. The lowest BCUT2D eigenvalue weighted by molar-refractivity contribution is 0.0804. The number of piperazine rings is 1. The molecule has 1 aliphatic rings. The van der Waals surface area contributed by atoms with Gasteiger partial charge in [0, 0.05) is 37.8 Å². The zero-order chi connectivity index (χ0) is 13.6. The molecule has 0 aromatic heterocycles. The Bertz CT molecular complexity index is 229. The minimum atomic E-state index is -0.140. The zero-order valence-electron chi connectivity index (χ0n) is 12.6. The van der Waals surface area contributed by atoms with Crippen LogP contribution in [0.1, 0.15) is 33.6 Å². The number of nitrogens with zero attached hydrogens (tertiary/aromatic N) is 2. The average Bonchev–Trinajstić information content (AvgIpc) is 2.37. The summed E-state index contributed by atoms with van der Waals surface area (Å²) in [5.74, 6) is 0. The predicted molar refractivity (Wildman–Crippen MR) is 76.9 cm³/mol. The van der Waals surface area contributed by atoms with E-state index in [1.165, 1.54) is 0 Å². The maximum absolute atomic E-state index is 9.61. The fourth-order valence-electron chi connectivity index (χ4n) is 2.66. The first-order valence-corrected chi connectivity index (χ1v) is 7.29. The van der Waals surface area contributed by atoms with Gasteiger partial charge < -0.3 is 15.3 Å². The molecule has 0 radical (unpaired) electrons. The molecule has 0 aliphatic carbocycles. The lowest BCUT2D eigenvalue weighted by atomic mass is 9.93. The number of aliphatic hydroxyl groups is 1. The van der Waals surface area contributed by atoms with Crippen LogP contribution in [0.2, 0.25) is 0 Å². The van der Waals surface area contributed by atoms with Crippen LogP contribution in [0.3, 0.4) is 0 Å². The molecule has 2 unspecified atom stereocenters. The van der Waals surface area contributed by atoms with E-state index in [9.17, 15) is 5.11 Å². The van der Waals surface area contributed by atoms with Crippen molar-refractivity contribution in [3.63, 3.8) is 0 Å². The number of rotatable bonds is 7. The Labute approximate surface area is 112 Å². The fraction of sp³-hybridized carbons (Fsp3) is 1.00. The number of hydrogen-bond acceptors (Lipinski definition) is 4. The Morgan fingerprint density at radius 3 is 2.39 bits per heavy atom. The van der Waals surface area contributed by atoms with Gasteiger partial charge in [-0.25, -0.2) is 0 Å². The zero-order valence-corrected chi connectivity index (χ0v) is 12.6. The van der Waals surface area contributed by atoms with E-state index in [0.717, 1.165) is 45.6 Å². The lowest BCUT2D eigenvalue weighted by Gasteiger charge is -2.40. The van der Waals surface area contributed by atoms with Gasteiger partial charge >= 0.3 is 0 Å². The van der Waals surface area contributed by atoms with Gasteiger partial charge in [0.1, 0.15) is 0 Å². The molecule has 0 amide bonds. The molecule has 0 aromatic carbocycles. The summed E-state index contributed by atoms with van der Waals surface area (Å²) in [5, 5.41) is 13.1. The van der Waals surface area contributed by atoms with Crippen molar-refractivity contribution in [1.82, 2.24) is 15.1 Å². The van der Waals surface area contributed by atoms with Crippen LogP contribution in [0.15, 0.2) is 0 Å². The number of hydrogen-bond donors (Lipinski definition) is 2. The maximum atomic E-state index is 9.61. The van der Waals surface area contributed by atoms with Gasteiger partial charge in [-0.05, 0) is 40.3 Å². The second-order valence-electron chi connectivity index (χ2n) is 6.04. The molecular formula is C14H31N3O. The molecule has 2 atom stereocenters. The van der Waals surface area contributed by atoms with Crippen molar-refractivity contribution in [2.45, 2.75) is 45.2 Å². The van der Waals surface area contributed by atoms with Crippen LogP contribution in [0.25, 0.3) is 0 Å². The van der Waals surface area contributed by atoms with Gasteiger partial charge in [0.05, 0.1) is 6.61 Å². The summed E-state index contributed by atoms with van der Waals surface area (Å²) in [6.45, 7) is 12.4. The SMILES string of the molecule is CCCNC(C)(CO)CC(C)N1CCN(C)CC1. The highest BCUT2D eigenvalue weighted by Crippen LogP contribution is 2.17. The average molecular weight is 257 g/mol. The first kappa shape index (κ1) is 15.9. The van der Waals surface area contributed by atoms with Gasteiger partial charge in [0.25, 0.3) is 0 Å². The molecule has 1 aliphatic heterocycles. The van der Waals surface area contributed by atoms with Crippen molar-refractivity contribution in [2.24, 2.45) is 0 Å². The van der Waals surface area contributed by atoms with Crippen molar-refractivity contribution in [1.29, 1.82) is 0 Å². The van der Waals surface area contributed by atoms with Gasteiger partial charge in [0.2, 0.25) is 0 Å². The van der Waals surface area contributed by atoms with Gasteiger partial charge in [-0.1, -0.05) is 6.92 Å². The molecule has 1 rings (SSSR count). The van der Waals surface area contributed by atoms with E-state index in [2.05, 4.69) is 42.9 Å². The lowest BCUT2D eigenvalue weighted by Crippen LogP contribution is -2.54. The number of aliphatic hydroxyl groups excluding tert-OH is 1. The summed E-state index contributed by atoms with van der Waals surface area (Å²) < 4.78 is 0. The van der Waals surface area contributed by atoms with E-state index in [-0.39, 0.29) is 12.1 Å². The maximum Gasteiger partial charge on any atom is 0.0611 e. The van der Waals surface area contributed by atoms with Crippen LogP contribution in [0, 0.1) is 0 Å². The Balaban J connectivity index is 2.43. The Hall–Kier alpha value is -0.160. The quantitative estimate of drug-likeness (QED) is 0.706. The molecule has 18 heavy (non-hydrogen) atoms. The third-order valence-electron chi connectivity index (χ3n) is 4.06. The standard InChI is InChI=1S/C14H31N3O/c1-5-6-15-14(3,12-18)11-13(2)17-9-7-16(4)8-10-17/h13,15,18H,5-12H2,1-4H3. The molecule has 0 saturated carbocycles. The third-order valence-corrected chi connectivity index (χ3v) is 4.06. The van der Waals surface area contributed by atoms with Crippen LogP contribution in [0.4, 0.5) is 0 Å². The van der Waals surface area contributed by atoms with Crippen molar-refractivity contribution >= 4 is 0 Å². The smallest absolute Gasteiger partial charge is 0.0611 e. The molecule has 4 nitrogen and oxygen atoms in total. The number of likely N-dealkylation sites (N-methyl/N-ethyl adjacent to an activating group) is 1. The summed E-state index contributed by atoms with van der Waals surface area (Å²) in [4.78, 5) is 4.92. The summed E-state index contributed by atoms with van der Waals surface area (Å²) in [6, 6.07) is 0.528. The third kappa shape index (κ3) is 4.84. The summed E-state index contributed by atoms with van der Waals surface area (Å²) in [5.41, 5.74) is -0.140. The summed E-state index contributed by atoms with van der Waals surface area (Å²) in [7, 11) is 2.18. The van der Waals surface area contributed by atoms with E-state index in [1.807, 2.05) is 0 Å². The topological polar surface area (TPSA) is 38.7 Å². The van der Waals surface area contributed by atoms with Crippen molar-refractivity contribution in [3.05, 3.63) is 0 Å². The minimum absolute atomic E-state index is 0.140. The number of nitrogens with one attached hydrogen (secondary N) is 1. The summed E-state index contributed by atoms with van der Waals surface area (Å²) >= 11 is 0. The summed E-state index contributed by atoms with van der Waals surface area (Å²) in [6.07, 6.45) is 2.12. The van der Waals surface area contributed by atoms with Crippen LogP contribution in [-0.2, 0) is 0 Å². The van der Waals surface area contributed by atoms with Crippen LogP contribution < -0.4 is 5.32 Å². The first-order chi connectivity index (χ1) is 8.50. The van der Waals surface area contributed by atoms with Gasteiger partial charge in [0.15, 0.2) is 0 Å². The molecule has 2 N–H and O–H groups in total. The second kappa shape index (κ2) is 7.43. The van der Waals surface area contributed by atoms with Gasteiger partial charge in [-0.2, -0.15) is 0 Å². The highest BCUT2D eigenvalue weighted by atomic mass is 16.3. The van der Waals surface area contributed by atoms with Crippen molar-refractivity contribution in [2.75, 3.05) is 46.4 Å². The second-order valence-corrected chi connectivity index (χ2v) is 6.04. The molecule has 108 valence electrons. The fourth-order valence-corrected chi connectivity index (χ4v) is 2.66. The van der Waals surface area contributed by atoms with E-state index >= 15 is 0 Å². The minimum Gasteiger partial charge on any atom is -0.394 e. The van der Waals surface area contributed by atoms with E-state index in [1.54, 1.807) is 0 Å². The normalized spacial score (nSPS) is 23.8. The highest BCUT2D eigenvalue weighted by molar-refractivity contribution is 4.88. The molecule has 1 fully saturated rings. The molecular weight excluding hydrogens is 226 g/mol.